The van der Waals surface area contributed by atoms with Gasteiger partial charge in [0.2, 0.25) is 0 Å². The fourth-order valence-corrected chi connectivity index (χ4v) is 6.14. The Balaban J connectivity index is 1.76. The molecule has 3 heterocycles. The topological polar surface area (TPSA) is 17.3 Å². The summed E-state index contributed by atoms with van der Waals surface area (Å²) < 4.78 is 4.96. The minimum absolute atomic E-state index is 0.650. The van der Waals surface area contributed by atoms with Crippen LogP contribution in [-0.2, 0) is 0 Å². The van der Waals surface area contributed by atoms with E-state index in [2.05, 4.69) is 77.9 Å². The lowest BCUT2D eigenvalue weighted by molar-refractivity contribution is 1.19. The molecule has 0 unspecified atom stereocenters. The molecule has 30 heavy (non-hydrogen) atoms. The lowest BCUT2D eigenvalue weighted by atomic mass is 10.1. The van der Waals surface area contributed by atoms with E-state index in [1.54, 1.807) is 11.8 Å². The van der Waals surface area contributed by atoms with Crippen LogP contribution in [0.5, 0.6) is 0 Å². The molecule has 6 rings (SSSR count). The first-order valence-corrected chi connectivity index (χ1v) is 11.5. The minimum atomic E-state index is 0.650. The van der Waals surface area contributed by atoms with Gasteiger partial charge in [-0.3, -0.25) is 9.56 Å². The maximum absolute atomic E-state index is 4.92. The normalized spacial score (nSPS) is 18.9. The van der Waals surface area contributed by atoms with E-state index in [1.807, 2.05) is 29.6 Å². The Morgan fingerprint density at radius 2 is 1.63 bits per heavy atom. The van der Waals surface area contributed by atoms with Crippen LogP contribution in [0.3, 0.4) is 0 Å². The van der Waals surface area contributed by atoms with Crippen molar-refractivity contribution in [2.75, 3.05) is 6.54 Å². The monoisotopic (exact) mass is 422 g/mol. The van der Waals surface area contributed by atoms with Crippen LogP contribution in [0.25, 0.3) is 42.0 Å². The zero-order valence-electron chi connectivity index (χ0n) is 16.2. The molecule has 1 aliphatic rings. The molecular formula is C26H18N2S2. The average Bonchev–Trinajstić information content (AvgIpc) is 3.32. The molecule has 0 fully saturated rings. The van der Waals surface area contributed by atoms with E-state index in [0.717, 1.165) is 10.1 Å². The van der Waals surface area contributed by atoms with Crippen molar-refractivity contribution < 1.29 is 0 Å². The van der Waals surface area contributed by atoms with E-state index in [1.165, 1.54) is 42.0 Å². The summed E-state index contributed by atoms with van der Waals surface area (Å²) in [5, 5.41) is 6.20. The number of thioether (sulfide) groups is 1. The molecule has 0 saturated heterocycles. The van der Waals surface area contributed by atoms with Crippen molar-refractivity contribution in [1.82, 2.24) is 4.57 Å². The second kappa shape index (κ2) is 7.01. The number of para-hydroxylation sites is 1. The van der Waals surface area contributed by atoms with E-state index in [-0.39, 0.29) is 0 Å². The summed E-state index contributed by atoms with van der Waals surface area (Å²) in [6.45, 7) is 4.86. The molecule has 0 spiro atoms. The van der Waals surface area contributed by atoms with Crippen molar-refractivity contribution in [2.24, 2.45) is 4.99 Å². The van der Waals surface area contributed by atoms with E-state index < -0.39 is 0 Å². The molecule has 1 aliphatic heterocycles. The predicted molar refractivity (Wildman–Crippen MR) is 135 cm³/mol. The summed E-state index contributed by atoms with van der Waals surface area (Å²) in [7, 11) is 0. The van der Waals surface area contributed by atoms with Gasteiger partial charge >= 0.3 is 0 Å². The van der Waals surface area contributed by atoms with Gasteiger partial charge in [-0.15, -0.1) is 11.3 Å². The molecule has 5 aromatic rings. The second-order valence-electron chi connectivity index (χ2n) is 7.26. The Morgan fingerprint density at radius 3 is 2.57 bits per heavy atom. The molecule has 144 valence electrons. The number of allylic oxidation sites excluding steroid dienone is 3. The van der Waals surface area contributed by atoms with Gasteiger partial charge in [-0.25, -0.2) is 0 Å². The summed E-state index contributed by atoms with van der Waals surface area (Å²) in [5.41, 5.74) is 2.38. The molecule has 2 nitrogen and oxygen atoms in total. The van der Waals surface area contributed by atoms with Gasteiger partial charge in [0.1, 0.15) is 0 Å². The van der Waals surface area contributed by atoms with Crippen molar-refractivity contribution in [2.45, 2.75) is 0 Å². The number of benzene rings is 3. The lowest BCUT2D eigenvalue weighted by Crippen LogP contribution is -2.08. The summed E-state index contributed by atoms with van der Waals surface area (Å²) in [5.74, 6) is 0. The Morgan fingerprint density at radius 1 is 0.800 bits per heavy atom. The van der Waals surface area contributed by atoms with Crippen molar-refractivity contribution in [1.29, 1.82) is 0 Å². The number of fused-ring (bicyclic) bond motifs is 7. The van der Waals surface area contributed by atoms with E-state index in [0.29, 0.717) is 6.54 Å². The summed E-state index contributed by atoms with van der Waals surface area (Å²) in [4.78, 5) is 5.90. The number of aromatic nitrogens is 1. The van der Waals surface area contributed by atoms with Crippen molar-refractivity contribution in [3.63, 3.8) is 0 Å². The van der Waals surface area contributed by atoms with Gasteiger partial charge in [0.05, 0.1) is 17.6 Å². The van der Waals surface area contributed by atoms with Crippen LogP contribution in [0, 0.1) is 0 Å². The third kappa shape index (κ3) is 2.68. The molecule has 0 amide bonds. The first-order valence-electron chi connectivity index (χ1n) is 9.89. The smallest absolute Gasteiger partial charge is 0.173 e. The number of thiophene rings is 1. The highest BCUT2D eigenvalue weighted by Gasteiger charge is 2.19. The van der Waals surface area contributed by atoms with Crippen LogP contribution in [0.4, 0.5) is 0 Å². The van der Waals surface area contributed by atoms with Gasteiger partial charge in [0.25, 0.3) is 0 Å². The Kier molecular flexibility index (Phi) is 4.15. The Hall–Kier alpha value is -3.08. The molecule has 0 saturated carbocycles. The highest BCUT2D eigenvalue weighted by atomic mass is 32.2. The zero-order valence-corrected chi connectivity index (χ0v) is 17.8. The molecular weight excluding hydrogens is 404 g/mol. The molecule has 3 aromatic carbocycles. The van der Waals surface area contributed by atoms with Crippen LogP contribution < -0.4 is 0 Å². The van der Waals surface area contributed by atoms with E-state index in [4.69, 9.17) is 4.99 Å². The van der Waals surface area contributed by atoms with Crippen molar-refractivity contribution in [3.8, 4) is 0 Å². The molecule has 4 heteroatoms. The van der Waals surface area contributed by atoms with Gasteiger partial charge in [-0.2, -0.15) is 0 Å². The predicted octanol–water partition coefficient (Wildman–Crippen LogP) is 7.74. The standard InChI is InChI=1S/C26H18N2S2/c1-17-9-3-2-8-16-27-26(29-17)28-20-12-6-4-10-18(20)24-21(28)14-15-23-25(24)19-11-5-7-13-22(19)30-23/h2-15H,1,16H2/b8-2-,9-3-,27-26-. The maximum Gasteiger partial charge on any atom is 0.173 e. The Bertz CT molecular complexity index is 1560. The highest BCUT2D eigenvalue weighted by molar-refractivity contribution is 8.17. The minimum Gasteiger partial charge on any atom is -0.288 e. The van der Waals surface area contributed by atoms with E-state index in [9.17, 15) is 0 Å². The quantitative estimate of drug-likeness (QED) is 0.249. The molecule has 0 atom stereocenters. The molecule has 0 aliphatic carbocycles. The molecule has 0 bridgehead atoms. The van der Waals surface area contributed by atoms with Crippen LogP contribution in [0.1, 0.15) is 0 Å². The first kappa shape index (κ1) is 17.8. The average molecular weight is 423 g/mol. The van der Waals surface area contributed by atoms with Crippen molar-refractivity contribution >= 4 is 70.2 Å². The lowest BCUT2D eigenvalue weighted by Gasteiger charge is -2.11. The SMILES string of the molecule is C=C1/C=C\C=C/C/N=C(/n2c3ccccc3c3c4c(ccc32)sc2ccccc24)S1. The molecule has 2 aromatic heterocycles. The summed E-state index contributed by atoms with van der Waals surface area (Å²) in [6.07, 6.45) is 8.18. The van der Waals surface area contributed by atoms with Crippen LogP contribution in [0.15, 0.2) is 101 Å². The second-order valence-corrected chi connectivity index (χ2v) is 9.44. The fraction of sp³-hybridized carbons (Fsp3) is 0.0385. The maximum atomic E-state index is 4.92. The number of nitrogens with zero attached hydrogens (tertiary/aromatic N) is 2. The third-order valence-electron chi connectivity index (χ3n) is 5.45. The van der Waals surface area contributed by atoms with Crippen LogP contribution in [0.2, 0.25) is 0 Å². The van der Waals surface area contributed by atoms with Gasteiger partial charge in [-0.05, 0) is 30.3 Å². The van der Waals surface area contributed by atoms with Crippen LogP contribution in [-0.4, -0.2) is 16.3 Å². The largest absolute Gasteiger partial charge is 0.288 e. The number of hydrogen-bond donors (Lipinski definition) is 0. The number of hydrogen-bond acceptors (Lipinski definition) is 3. The van der Waals surface area contributed by atoms with Crippen LogP contribution >= 0.6 is 23.1 Å². The Labute approximate surface area is 182 Å². The summed E-state index contributed by atoms with van der Waals surface area (Å²) in [6, 6.07) is 21.9. The van der Waals surface area contributed by atoms with Gasteiger partial charge in [0.15, 0.2) is 5.17 Å². The fourth-order valence-electron chi connectivity index (χ4n) is 4.21. The number of aliphatic imine (C=N–C) groups is 1. The molecule has 0 N–H and O–H groups in total. The van der Waals surface area contributed by atoms with E-state index >= 15 is 0 Å². The zero-order chi connectivity index (χ0) is 20.1. The van der Waals surface area contributed by atoms with Gasteiger partial charge in [0, 0.05) is 35.8 Å². The number of rotatable bonds is 0. The summed E-state index contributed by atoms with van der Waals surface area (Å²) >= 11 is 3.49. The van der Waals surface area contributed by atoms with Gasteiger partial charge < -0.3 is 0 Å². The van der Waals surface area contributed by atoms with Crippen molar-refractivity contribution in [3.05, 3.63) is 96.5 Å². The first-order chi connectivity index (χ1) is 14.8. The highest BCUT2D eigenvalue weighted by Crippen LogP contribution is 2.43. The molecule has 0 radical (unpaired) electrons. The van der Waals surface area contributed by atoms with Gasteiger partial charge in [-0.1, -0.05) is 73.0 Å². The third-order valence-corrected chi connectivity index (χ3v) is 7.48.